The minimum atomic E-state index is -0.624. The van der Waals surface area contributed by atoms with Crippen LogP contribution >= 0.6 is 0 Å². The summed E-state index contributed by atoms with van der Waals surface area (Å²) in [6, 6.07) is 15.1. The van der Waals surface area contributed by atoms with Gasteiger partial charge in [0.2, 0.25) is 5.88 Å². The van der Waals surface area contributed by atoms with Crippen molar-refractivity contribution < 1.29 is 13.9 Å². The van der Waals surface area contributed by atoms with Crippen LogP contribution in [0.15, 0.2) is 65.4 Å². The zero-order valence-corrected chi connectivity index (χ0v) is 13.4. The molecule has 0 fully saturated rings. The van der Waals surface area contributed by atoms with Gasteiger partial charge in [0.05, 0.1) is 12.0 Å². The van der Waals surface area contributed by atoms with Gasteiger partial charge in [-0.2, -0.15) is 0 Å². The van der Waals surface area contributed by atoms with Crippen molar-refractivity contribution in [2.45, 2.75) is 19.4 Å². The Kier molecular flexibility index (Phi) is 4.96. The fourth-order valence-corrected chi connectivity index (χ4v) is 2.24. The minimum absolute atomic E-state index is 0.184. The Hall–Kier alpha value is -3.02. The number of rotatable bonds is 7. The van der Waals surface area contributed by atoms with Crippen molar-refractivity contribution in [2.24, 2.45) is 0 Å². The van der Waals surface area contributed by atoms with Gasteiger partial charge < -0.3 is 14.5 Å². The fraction of sp³-hybridized carbons (Fsp3) is 0.222. The number of nitrogens with zero attached hydrogens (tertiary/aromatic N) is 2. The molecule has 0 aliphatic heterocycles. The van der Waals surface area contributed by atoms with Crippen LogP contribution in [0.1, 0.15) is 12.7 Å². The van der Waals surface area contributed by atoms with Gasteiger partial charge in [-0.15, -0.1) is 5.10 Å². The van der Waals surface area contributed by atoms with Crippen molar-refractivity contribution in [3.63, 3.8) is 0 Å². The summed E-state index contributed by atoms with van der Waals surface area (Å²) in [7, 11) is 0. The molecule has 0 saturated carbocycles. The molecule has 3 rings (SSSR count). The molecule has 2 aromatic heterocycles. The molecular formula is C18H19N3O3. The monoisotopic (exact) mass is 325 g/mol. The summed E-state index contributed by atoms with van der Waals surface area (Å²) in [5, 5.41) is 7.14. The molecule has 1 amide bonds. The highest BCUT2D eigenvalue weighted by Gasteiger charge is 2.15. The van der Waals surface area contributed by atoms with Gasteiger partial charge in [0.25, 0.3) is 5.91 Å². The van der Waals surface area contributed by atoms with Gasteiger partial charge in [-0.1, -0.05) is 18.2 Å². The molecule has 24 heavy (non-hydrogen) atoms. The van der Waals surface area contributed by atoms with Crippen molar-refractivity contribution >= 4 is 5.91 Å². The van der Waals surface area contributed by atoms with E-state index in [9.17, 15) is 4.79 Å². The Bertz CT molecular complexity index is 766. The van der Waals surface area contributed by atoms with Gasteiger partial charge in [-0.05, 0) is 31.2 Å². The van der Waals surface area contributed by atoms with Crippen molar-refractivity contribution in [2.75, 3.05) is 6.54 Å². The van der Waals surface area contributed by atoms with Gasteiger partial charge in [-0.25, -0.2) is 4.68 Å². The highest BCUT2D eigenvalue weighted by atomic mass is 16.5. The third-order valence-electron chi connectivity index (χ3n) is 3.50. The Morgan fingerprint density at radius 1 is 1.25 bits per heavy atom. The van der Waals surface area contributed by atoms with Gasteiger partial charge in [0.1, 0.15) is 5.76 Å². The topological polar surface area (TPSA) is 69.3 Å². The third kappa shape index (κ3) is 4.04. The quantitative estimate of drug-likeness (QED) is 0.725. The van der Waals surface area contributed by atoms with Crippen LogP contribution in [0.5, 0.6) is 5.88 Å². The Morgan fingerprint density at radius 2 is 2.08 bits per heavy atom. The largest absolute Gasteiger partial charge is 0.469 e. The van der Waals surface area contributed by atoms with E-state index in [1.54, 1.807) is 30.1 Å². The van der Waals surface area contributed by atoms with E-state index in [0.29, 0.717) is 18.8 Å². The fourth-order valence-electron chi connectivity index (χ4n) is 2.24. The van der Waals surface area contributed by atoms with Crippen LogP contribution in [-0.2, 0) is 11.2 Å². The highest BCUT2D eigenvalue weighted by molar-refractivity contribution is 5.80. The zero-order valence-electron chi connectivity index (χ0n) is 13.4. The van der Waals surface area contributed by atoms with Crippen LogP contribution in [0.2, 0.25) is 0 Å². The average Bonchev–Trinajstić information content (AvgIpc) is 3.27. The van der Waals surface area contributed by atoms with Crippen LogP contribution in [0, 0.1) is 0 Å². The number of hydrogen-bond acceptors (Lipinski definition) is 4. The summed E-state index contributed by atoms with van der Waals surface area (Å²) in [4.78, 5) is 12.1. The first-order chi connectivity index (χ1) is 11.7. The normalized spacial score (nSPS) is 11.9. The van der Waals surface area contributed by atoms with Gasteiger partial charge in [0, 0.05) is 25.2 Å². The summed E-state index contributed by atoms with van der Waals surface area (Å²) in [5.74, 6) is 1.06. The van der Waals surface area contributed by atoms with E-state index in [1.807, 2.05) is 42.5 Å². The van der Waals surface area contributed by atoms with Crippen molar-refractivity contribution in [1.82, 2.24) is 15.1 Å². The predicted octanol–water partition coefficient (Wildman–Crippen LogP) is 2.59. The van der Waals surface area contributed by atoms with Gasteiger partial charge >= 0.3 is 0 Å². The zero-order chi connectivity index (χ0) is 16.8. The lowest BCUT2D eigenvalue weighted by atomic mass is 10.3. The second kappa shape index (κ2) is 7.50. The summed E-state index contributed by atoms with van der Waals surface area (Å²) in [6.07, 6.45) is 3.44. The average molecular weight is 325 g/mol. The molecular weight excluding hydrogens is 306 g/mol. The molecule has 0 aliphatic rings. The lowest BCUT2D eigenvalue weighted by molar-refractivity contribution is -0.127. The maximum Gasteiger partial charge on any atom is 0.260 e. The summed E-state index contributed by atoms with van der Waals surface area (Å²) < 4.78 is 12.5. The number of ether oxygens (including phenoxy) is 1. The number of para-hydroxylation sites is 1. The second-order valence-corrected chi connectivity index (χ2v) is 5.31. The van der Waals surface area contributed by atoms with Crippen LogP contribution in [0.4, 0.5) is 0 Å². The molecule has 6 heteroatoms. The number of carbonyl (C=O) groups excluding carboxylic acids is 1. The maximum atomic E-state index is 12.1. The smallest absolute Gasteiger partial charge is 0.260 e. The summed E-state index contributed by atoms with van der Waals surface area (Å²) >= 11 is 0. The van der Waals surface area contributed by atoms with Crippen molar-refractivity contribution in [3.8, 4) is 11.6 Å². The molecule has 124 valence electrons. The van der Waals surface area contributed by atoms with Crippen LogP contribution < -0.4 is 10.1 Å². The standard InChI is InChI=1S/C18H19N3O3/c1-14(18(22)19-11-9-16-8-5-13-23-16)24-17-10-12-21(20-17)15-6-3-2-4-7-15/h2-8,10,12-14H,9,11H2,1H3,(H,19,22). The molecule has 2 heterocycles. The molecule has 1 unspecified atom stereocenters. The Labute approximate surface area is 140 Å². The highest BCUT2D eigenvalue weighted by Crippen LogP contribution is 2.13. The third-order valence-corrected chi connectivity index (χ3v) is 3.50. The number of carbonyl (C=O) groups is 1. The molecule has 0 saturated heterocycles. The van der Waals surface area contributed by atoms with E-state index in [-0.39, 0.29) is 5.91 Å². The van der Waals surface area contributed by atoms with Crippen LogP contribution in [0.3, 0.4) is 0 Å². The predicted molar refractivity (Wildman–Crippen MR) is 89.1 cm³/mol. The minimum Gasteiger partial charge on any atom is -0.469 e. The van der Waals surface area contributed by atoms with Gasteiger partial charge in [-0.3, -0.25) is 4.79 Å². The molecule has 1 N–H and O–H groups in total. The Morgan fingerprint density at radius 3 is 2.83 bits per heavy atom. The first-order valence-corrected chi connectivity index (χ1v) is 7.80. The second-order valence-electron chi connectivity index (χ2n) is 5.31. The number of furan rings is 1. The van der Waals surface area contributed by atoms with Crippen LogP contribution in [-0.4, -0.2) is 28.3 Å². The summed E-state index contributed by atoms with van der Waals surface area (Å²) in [5.41, 5.74) is 0.933. The number of benzene rings is 1. The maximum absolute atomic E-state index is 12.1. The lowest BCUT2D eigenvalue weighted by Gasteiger charge is -2.12. The van der Waals surface area contributed by atoms with E-state index in [1.165, 1.54) is 0 Å². The molecule has 3 aromatic rings. The van der Waals surface area contributed by atoms with E-state index >= 15 is 0 Å². The van der Waals surface area contributed by atoms with Gasteiger partial charge in [0.15, 0.2) is 6.10 Å². The van der Waals surface area contributed by atoms with Crippen molar-refractivity contribution in [3.05, 3.63) is 66.8 Å². The molecule has 6 nitrogen and oxygen atoms in total. The van der Waals surface area contributed by atoms with E-state index in [4.69, 9.17) is 9.15 Å². The number of nitrogens with one attached hydrogen (secondary N) is 1. The SMILES string of the molecule is CC(Oc1ccn(-c2ccccc2)n1)C(=O)NCCc1ccco1. The van der Waals surface area contributed by atoms with E-state index in [0.717, 1.165) is 11.4 Å². The molecule has 0 radical (unpaired) electrons. The number of amides is 1. The number of hydrogen-bond donors (Lipinski definition) is 1. The van der Waals surface area contributed by atoms with Crippen molar-refractivity contribution in [1.29, 1.82) is 0 Å². The summed E-state index contributed by atoms with van der Waals surface area (Å²) in [6.45, 7) is 2.20. The first-order valence-electron chi connectivity index (χ1n) is 7.80. The molecule has 0 bridgehead atoms. The molecule has 1 aromatic carbocycles. The molecule has 1 atom stereocenters. The Balaban J connectivity index is 1.50. The molecule has 0 aliphatic carbocycles. The first kappa shape index (κ1) is 15.9. The molecule has 0 spiro atoms. The lowest BCUT2D eigenvalue weighted by Crippen LogP contribution is -2.37. The number of aromatic nitrogens is 2. The van der Waals surface area contributed by atoms with E-state index < -0.39 is 6.10 Å². The van der Waals surface area contributed by atoms with E-state index in [2.05, 4.69) is 10.4 Å². The van der Waals surface area contributed by atoms with Crippen LogP contribution in [0.25, 0.3) is 5.69 Å².